The molecule has 1 aromatic carbocycles. The summed E-state index contributed by atoms with van der Waals surface area (Å²) in [4.78, 5) is 27.1. The lowest BCUT2D eigenvalue weighted by atomic mass is 10.1. The summed E-state index contributed by atoms with van der Waals surface area (Å²) in [6.45, 7) is 6.29. The van der Waals surface area contributed by atoms with Crippen molar-refractivity contribution in [3.05, 3.63) is 50.5 Å². The van der Waals surface area contributed by atoms with E-state index in [-0.39, 0.29) is 5.54 Å². The summed E-state index contributed by atoms with van der Waals surface area (Å²) in [7, 11) is 0. The second-order valence-corrected chi connectivity index (χ2v) is 5.50. The van der Waals surface area contributed by atoms with Crippen molar-refractivity contribution in [3.63, 3.8) is 0 Å². The molecule has 1 aromatic heterocycles. The van der Waals surface area contributed by atoms with Gasteiger partial charge in [0.15, 0.2) is 0 Å². The number of hydrogen-bond acceptors (Lipinski definition) is 5. The van der Waals surface area contributed by atoms with Crippen LogP contribution in [-0.2, 0) is 6.54 Å². The van der Waals surface area contributed by atoms with Crippen molar-refractivity contribution in [2.45, 2.75) is 32.9 Å². The van der Waals surface area contributed by atoms with Gasteiger partial charge in [0.2, 0.25) is 0 Å². The number of aromatic nitrogens is 1. The molecule has 0 aliphatic carbocycles. The minimum absolute atomic E-state index is 0.257. The number of nitrogens with one attached hydrogen (secondary N) is 2. The van der Waals surface area contributed by atoms with E-state index >= 15 is 0 Å². The summed E-state index contributed by atoms with van der Waals surface area (Å²) in [5.41, 5.74) is 0.522. The minimum atomic E-state index is -0.462. The molecule has 2 N–H and O–H groups in total. The van der Waals surface area contributed by atoms with Crippen molar-refractivity contribution in [2.75, 3.05) is 10.6 Å². The molecule has 19 heavy (non-hydrogen) atoms. The van der Waals surface area contributed by atoms with Gasteiger partial charge in [-0.3, -0.25) is 14.6 Å². The molecular formula is C14H17N3O2. The van der Waals surface area contributed by atoms with E-state index in [0.717, 1.165) is 5.56 Å². The molecule has 0 amide bonds. The van der Waals surface area contributed by atoms with Gasteiger partial charge in [0.1, 0.15) is 11.4 Å². The third kappa shape index (κ3) is 2.99. The summed E-state index contributed by atoms with van der Waals surface area (Å²) >= 11 is 0. The van der Waals surface area contributed by atoms with Gasteiger partial charge in [0, 0.05) is 24.5 Å². The molecule has 0 bridgehead atoms. The van der Waals surface area contributed by atoms with Gasteiger partial charge in [-0.25, -0.2) is 0 Å². The van der Waals surface area contributed by atoms with E-state index in [1.165, 1.54) is 0 Å². The zero-order valence-electron chi connectivity index (χ0n) is 11.3. The van der Waals surface area contributed by atoms with Gasteiger partial charge in [-0.2, -0.15) is 0 Å². The highest BCUT2D eigenvalue weighted by Gasteiger charge is 2.24. The fourth-order valence-electron chi connectivity index (χ4n) is 1.75. The molecule has 0 radical (unpaired) electrons. The van der Waals surface area contributed by atoms with Crippen LogP contribution in [0.2, 0.25) is 0 Å². The lowest BCUT2D eigenvalue weighted by molar-refractivity contribution is 0.632. The maximum atomic E-state index is 11.6. The standard InChI is InChI=1S/C14H17N3O2/c1-14(2,3)17-11-10(12(18)13(11)19)16-8-9-5-4-6-15-7-9/h4-7,16-17H,8H2,1-3H3. The molecule has 2 aromatic rings. The number of nitrogens with zero attached hydrogens (tertiary/aromatic N) is 1. The average Bonchev–Trinajstić information content (AvgIpc) is 2.37. The van der Waals surface area contributed by atoms with E-state index in [4.69, 9.17) is 0 Å². The maximum absolute atomic E-state index is 11.6. The van der Waals surface area contributed by atoms with Gasteiger partial charge in [0.25, 0.3) is 10.9 Å². The molecular weight excluding hydrogens is 242 g/mol. The number of anilines is 2. The molecule has 0 spiro atoms. The van der Waals surface area contributed by atoms with Crippen molar-refractivity contribution in [2.24, 2.45) is 0 Å². The molecule has 2 rings (SSSR count). The zero-order valence-corrected chi connectivity index (χ0v) is 11.3. The summed E-state index contributed by atoms with van der Waals surface area (Å²) in [6, 6.07) is 3.73. The van der Waals surface area contributed by atoms with E-state index < -0.39 is 10.9 Å². The Morgan fingerprint density at radius 2 is 1.84 bits per heavy atom. The van der Waals surface area contributed by atoms with Crippen LogP contribution in [0.3, 0.4) is 0 Å². The first-order valence-electron chi connectivity index (χ1n) is 6.13. The van der Waals surface area contributed by atoms with Crippen molar-refractivity contribution >= 4 is 11.4 Å². The van der Waals surface area contributed by atoms with Gasteiger partial charge in [0.05, 0.1) is 0 Å². The van der Waals surface area contributed by atoms with Crippen LogP contribution in [0.4, 0.5) is 11.4 Å². The molecule has 0 fully saturated rings. The Morgan fingerprint density at radius 1 is 1.16 bits per heavy atom. The predicted molar refractivity (Wildman–Crippen MR) is 76.3 cm³/mol. The molecule has 5 nitrogen and oxygen atoms in total. The van der Waals surface area contributed by atoms with Crippen molar-refractivity contribution < 1.29 is 0 Å². The van der Waals surface area contributed by atoms with Crippen LogP contribution in [0.5, 0.6) is 0 Å². The highest BCUT2D eigenvalue weighted by atomic mass is 16.2. The van der Waals surface area contributed by atoms with Gasteiger partial charge in [-0.15, -0.1) is 0 Å². The summed E-state index contributed by atoms with van der Waals surface area (Å²) in [5.74, 6) is 0. The van der Waals surface area contributed by atoms with Crippen LogP contribution in [0, 0.1) is 0 Å². The molecule has 0 aliphatic rings. The highest BCUT2D eigenvalue weighted by Crippen LogP contribution is 2.19. The van der Waals surface area contributed by atoms with Crippen LogP contribution in [0.1, 0.15) is 26.3 Å². The molecule has 5 heteroatoms. The first kappa shape index (κ1) is 13.3. The van der Waals surface area contributed by atoms with Crippen molar-refractivity contribution in [3.8, 4) is 0 Å². The second kappa shape index (κ2) is 4.84. The smallest absolute Gasteiger partial charge is 0.253 e. The lowest BCUT2D eigenvalue weighted by Gasteiger charge is -2.24. The first-order chi connectivity index (χ1) is 8.88. The molecule has 0 atom stereocenters. The van der Waals surface area contributed by atoms with Gasteiger partial charge >= 0.3 is 0 Å². The minimum Gasteiger partial charge on any atom is -0.376 e. The van der Waals surface area contributed by atoms with Gasteiger partial charge in [-0.1, -0.05) is 6.07 Å². The molecule has 0 saturated heterocycles. The monoisotopic (exact) mass is 259 g/mol. The third-order valence-corrected chi connectivity index (χ3v) is 2.60. The molecule has 100 valence electrons. The fourth-order valence-corrected chi connectivity index (χ4v) is 1.75. The van der Waals surface area contributed by atoms with Gasteiger partial charge in [-0.05, 0) is 32.4 Å². The lowest BCUT2D eigenvalue weighted by Crippen LogP contribution is -2.41. The van der Waals surface area contributed by atoms with E-state index in [0.29, 0.717) is 17.9 Å². The Kier molecular flexibility index (Phi) is 3.38. The zero-order chi connectivity index (χ0) is 14.0. The maximum Gasteiger partial charge on any atom is 0.253 e. The molecule has 0 unspecified atom stereocenters. The van der Waals surface area contributed by atoms with E-state index in [2.05, 4.69) is 15.6 Å². The second-order valence-electron chi connectivity index (χ2n) is 5.50. The van der Waals surface area contributed by atoms with Crippen molar-refractivity contribution in [1.29, 1.82) is 0 Å². The normalized spacial score (nSPS) is 11.5. The number of pyridine rings is 1. The van der Waals surface area contributed by atoms with E-state index in [1.54, 1.807) is 12.4 Å². The van der Waals surface area contributed by atoms with E-state index in [1.807, 2.05) is 32.9 Å². The molecule has 0 aliphatic heterocycles. The predicted octanol–water partition coefficient (Wildman–Crippen LogP) is 1.50. The first-order valence-corrected chi connectivity index (χ1v) is 6.13. The summed E-state index contributed by atoms with van der Waals surface area (Å²) < 4.78 is 0. The average molecular weight is 259 g/mol. The quantitative estimate of drug-likeness (QED) is 0.814. The largest absolute Gasteiger partial charge is 0.376 e. The summed E-state index contributed by atoms with van der Waals surface area (Å²) in [5, 5.41) is 6.05. The van der Waals surface area contributed by atoms with Crippen LogP contribution >= 0.6 is 0 Å². The number of hydrogen-bond donors (Lipinski definition) is 2. The van der Waals surface area contributed by atoms with Crippen LogP contribution in [0.25, 0.3) is 0 Å². The van der Waals surface area contributed by atoms with Crippen molar-refractivity contribution in [1.82, 2.24) is 4.98 Å². The topological polar surface area (TPSA) is 71.1 Å². The Labute approximate surface area is 111 Å². The molecule has 1 heterocycles. The van der Waals surface area contributed by atoms with Crippen LogP contribution in [-0.4, -0.2) is 10.5 Å². The highest BCUT2D eigenvalue weighted by molar-refractivity contribution is 5.74. The molecule has 0 saturated carbocycles. The van der Waals surface area contributed by atoms with Gasteiger partial charge < -0.3 is 10.6 Å². The van der Waals surface area contributed by atoms with E-state index in [9.17, 15) is 9.59 Å². The van der Waals surface area contributed by atoms with Crippen LogP contribution in [0.15, 0.2) is 34.1 Å². The van der Waals surface area contributed by atoms with Crippen LogP contribution < -0.4 is 21.5 Å². The third-order valence-electron chi connectivity index (χ3n) is 2.60. The SMILES string of the molecule is CC(C)(C)Nc1c(NCc2cccnc2)c(=O)c1=O. The summed E-state index contributed by atoms with van der Waals surface area (Å²) in [6.07, 6.45) is 3.41. The fraction of sp³-hybridized carbons (Fsp3) is 0.357. The number of rotatable bonds is 4. The Hall–Kier alpha value is -2.17. The Bertz CT molecular complexity index is 635. The Balaban J connectivity index is 2.12. The Morgan fingerprint density at radius 3 is 2.42 bits per heavy atom.